The fraction of sp³-hybridized carbons (Fsp3) is 0.500. The van der Waals surface area contributed by atoms with Gasteiger partial charge < -0.3 is 40.7 Å². The Kier molecular flexibility index (Phi) is 7.90. The number of phosphoric acid groups is 2. The third-order valence-corrected chi connectivity index (χ3v) is 8.35. The second-order valence-electron chi connectivity index (χ2n) is 9.66. The monoisotopic (exact) mass is 644 g/mol. The number of ether oxygens (including phenoxy) is 2. The topological polar surface area (TPSA) is 300 Å². The average Bonchev–Trinajstić information content (AvgIpc) is 3.71. The summed E-state index contributed by atoms with van der Waals surface area (Å²) < 4.78 is 54.1. The first-order chi connectivity index (χ1) is 20.4. The maximum atomic E-state index is 13.0. The lowest BCUT2D eigenvalue weighted by atomic mass is 10.2. The Balaban J connectivity index is 1.13. The third kappa shape index (κ3) is 6.24. The van der Waals surface area contributed by atoms with Crippen LogP contribution in [0.3, 0.4) is 0 Å². The first kappa shape index (κ1) is 29.9. The number of phosphoric ester groups is 2. The van der Waals surface area contributed by atoms with Gasteiger partial charge in [-0.3, -0.25) is 22.7 Å². The van der Waals surface area contributed by atoms with Gasteiger partial charge in [-0.2, -0.15) is 0 Å². The van der Waals surface area contributed by atoms with Crippen molar-refractivity contribution < 1.29 is 52.0 Å². The van der Waals surface area contributed by atoms with Crippen LogP contribution in [0.1, 0.15) is 25.3 Å². The van der Waals surface area contributed by atoms with Crippen molar-refractivity contribution in [1.82, 2.24) is 39.0 Å². The van der Waals surface area contributed by atoms with Crippen LogP contribution >= 0.6 is 15.6 Å². The summed E-state index contributed by atoms with van der Waals surface area (Å²) in [6.45, 7) is -1.23. The molecule has 43 heavy (non-hydrogen) atoms. The number of hydrogen-bond acceptors (Lipinski definition) is 16. The summed E-state index contributed by atoms with van der Waals surface area (Å²) in [5.41, 5.74) is 13.0. The number of nitrogens with two attached hydrogens (primary N) is 2. The summed E-state index contributed by atoms with van der Waals surface area (Å²) in [5, 5.41) is 10.6. The van der Waals surface area contributed by atoms with Gasteiger partial charge in [0, 0.05) is 12.8 Å². The molecule has 0 amide bonds. The van der Waals surface area contributed by atoms with Gasteiger partial charge in [0.1, 0.15) is 54.5 Å². The Hall–Kier alpha value is -3.20. The molecule has 0 radical (unpaired) electrons. The van der Waals surface area contributed by atoms with Gasteiger partial charge in [0.15, 0.2) is 22.9 Å². The van der Waals surface area contributed by atoms with Gasteiger partial charge in [0.05, 0.1) is 32.0 Å². The minimum atomic E-state index is -4.92. The summed E-state index contributed by atoms with van der Waals surface area (Å²) in [4.78, 5) is 53.2. The number of aliphatic hydroxyl groups is 1. The molecule has 0 aromatic carbocycles. The lowest BCUT2D eigenvalue weighted by Gasteiger charge is -2.22. The first-order valence-corrected chi connectivity index (χ1v) is 15.6. The van der Waals surface area contributed by atoms with E-state index in [-0.39, 0.29) is 35.6 Å². The van der Waals surface area contributed by atoms with Crippen molar-refractivity contribution in [3.63, 3.8) is 0 Å². The molecule has 2 aliphatic rings. The van der Waals surface area contributed by atoms with E-state index in [1.165, 1.54) is 29.9 Å². The second kappa shape index (κ2) is 11.4. The maximum Gasteiger partial charge on any atom is 0.472 e. The summed E-state index contributed by atoms with van der Waals surface area (Å²) in [7, 11) is -9.78. The fourth-order valence-electron chi connectivity index (χ4n) is 4.87. The third-order valence-electron chi connectivity index (χ3n) is 6.86. The van der Waals surface area contributed by atoms with Crippen LogP contribution in [-0.4, -0.2) is 96.5 Å². The Bertz CT molecular complexity index is 1730. The molecule has 0 saturated carbocycles. The van der Waals surface area contributed by atoms with Crippen LogP contribution in [0.4, 0.5) is 11.6 Å². The Morgan fingerprint density at radius 3 is 1.93 bits per heavy atom. The molecule has 0 bridgehead atoms. The van der Waals surface area contributed by atoms with Crippen molar-refractivity contribution in [2.24, 2.45) is 0 Å². The van der Waals surface area contributed by atoms with Gasteiger partial charge in [0.2, 0.25) is 0 Å². The van der Waals surface area contributed by atoms with Crippen LogP contribution < -0.4 is 11.5 Å². The Morgan fingerprint density at radius 2 is 1.35 bits per heavy atom. The summed E-state index contributed by atoms with van der Waals surface area (Å²) >= 11 is 0. The number of fused-ring (bicyclic) bond motifs is 2. The molecular formula is C20H26N10O11P2. The fourth-order valence-corrected chi connectivity index (χ4v) is 6.17. The van der Waals surface area contributed by atoms with Crippen LogP contribution in [0.2, 0.25) is 0 Å². The van der Waals surface area contributed by atoms with Crippen molar-refractivity contribution in [3.05, 3.63) is 25.3 Å². The van der Waals surface area contributed by atoms with E-state index < -0.39 is 65.7 Å². The number of hydrogen-bond donors (Lipinski definition) is 6. The van der Waals surface area contributed by atoms with Crippen LogP contribution in [0, 0.1) is 0 Å². The number of rotatable bonds is 10. The van der Waals surface area contributed by atoms with E-state index >= 15 is 0 Å². The molecule has 4 aromatic rings. The molecule has 7 atom stereocenters. The zero-order valence-corrected chi connectivity index (χ0v) is 23.7. The van der Waals surface area contributed by atoms with Crippen molar-refractivity contribution in [1.29, 1.82) is 0 Å². The largest absolute Gasteiger partial charge is 0.472 e. The number of imidazole rings is 2. The SMILES string of the molecule is Nc1ncnc2c1ncn2[C@H]1C[C@H](OP(=O)(O)OC[C@H]2O[C@@H](n3cnc4c(N)ncnc43)C[C@@H]2O)[C@@H](COP(=O)(O)O)O1. The highest BCUT2D eigenvalue weighted by Gasteiger charge is 2.44. The smallest absolute Gasteiger partial charge is 0.390 e. The number of aromatic nitrogens is 8. The number of anilines is 2. The minimum Gasteiger partial charge on any atom is -0.390 e. The molecule has 6 rings (SSSR count). The predicted molar refractivity (Wildman–Crippen MR) is 141 cm³/mol. The molecule has 2 aliphatic heterocycles. The quantitative estimate of drug-likeness (QED) is 0.117. The van der Waals surface area contributed by atoms with E-state index in [2.05, 4.69) is 34.4 Å². The van der Waals surface area contributed by atoms with Gasteiger partial charge in [-0.15, -0.1) is 0 Å². The van der Waals surface area contributed by atoms with E-state index in [9.17, 15) is 28.9 Å². The molecule has 2 fully saturated rings. The van der Waals surface area contributed by atoms with Crippen molar-refractivity contribution in [2.45, 2.75) is 49.7 Å². The molecular weight excluding hydrogens is 618 g/mol. The summed E-state index contributed by atoms with van der Waals surface area (Å²) in [5.74, 6) is 0.281. The molecule has 23 heteroatoms. The van der Waals surface area contributed by atoms with Crippen LogP contribution in [-0.2, 0) is 32.2 Å². The van der Waals surface area contributed by atoms with Gasteiger partial charge in [-0.1, -0.05) is 0 Å². The maximum absolute atomic E-state index is 13.0. The Morgan fingerprint density at radius 1 is 0.814 bits per heavy atom. The lowest BCUT2D eigenvalue weighted by molar-refractivity contribution is -0.0549. The van der Waals surface area contributed by atoms with Crippen LogP contribution in [0.15, 0.2) is 25.3 Å². The van der Waals surface area contributed by atoms with E-state index in [0.29, 0.717) is 11.2 Å². The molecule has 2 saturated heterocycles. The van der Waals surface area contributed by atoms with Crippen molar-refractivity contribution in [2.75, 3.05) is 24.7 Å². The highest BCUT2D eigenvalue weighted by atomic mass is 31.2. The van der Waals surface area contributed by atoms with Gasteiger partial charge in [-0.05, 0) is 0 Å². The number of nitrogen functional groups attached to an aromatic ring is 2. The number of aliphatic hydroxyl groups excluding tert-OH is 1. The highest BCUT2D eigenvalue weighted by molar-refractivity contribution is 7.47. The molecule has 232 valence electrons. The highest BCUT2D eigenvalue weighted by Crippen LogP contribution is 2.50. The molecule has 21 nitrogen and oxygen atoms in total. The zero-order chi connectivity index (χ0) is 30.5. The minimum absolute atomic E-state index is 0.0901. The second-order valence-corrected chi connectivity index (χ2v) is 12.3. The average molecular weight is 644 g/mol. The summed E-state index contributed by atoms with van der Waals surface area (Å²) in [6, 6.07) is 0. The van der Waals surface area contributed by atoms with Gasteiger partial charge >= 0.3 is 15.6 Å². The Labute approximate surface area is 240 Å². The normalized spacial score (nSPS) is 27.7. The molecule has 8 N–H and O–H groups in total. The van der Waals surface area contributed by atoms with E-state index in [4.69, 9.17) is 30.0 Å². The van der Waals surface area contributed by atoms with Crippen molar-refractivity contribution >= 4 is 49.6 Å². The molecule has 0 spiro atoms. The van der Waals surface area contributed by atoms with Gasteiger partial charge in [-0.25, -0.2) is 39.0 Å². The standard InChI is InChI=1S/C20H26N10O11P2/c21-17-15-19(25-5-23-17)29(7-27-15)13-1-9(31)11(39-13)3-38-43(35,36)41-10-2-14(40-12(10)4-37-42(32,33)34)30-8-28-16-18(22)24-6-26-20(16)30/h5-14,31H,1-4H2,(H,35,36)(H2,21,23,25)(H2,22,24,26)(H2,32,33,34)/t9-,10-,11+,12+,13+,14+/m0/s1. The van der Waals surface area contributed by atoms with E-state index in [0.717, 1.165) is 0 Å². The molecule has 4 aromatic heterocycles. The summed E-state index contributed by atoms with van der Waals surface area (Å²) in [6.07, 6.45) is -0.970. The van der Waals surface area contributed by atoms with Crippen molar-refractivity contribution in [3.8, 4) is 0 Å². The number of nitrogens with zero attached hydrogens (tertiary/aromatic N) is 8. The lowest BCUT2D eigenvalue weighted by Crippen LogP contribution is -2.29. The van der Waals surface area contributed by atoms with E-state index in [1.54, 1.807) is 4.57 Å². The van der Waals surface area contributed by atoms with Crippen LogP contribution in [0.25, 0.3) is 22.3 Å². The molecule has 1 unspecified atom stereocenters. The molecule has 6 heterocycles. The zero-order valence-electron chi connectivity index (χ0n) is 21.9. The molecule has 0 aliphatic carbocycles. The van der Waals surface area contributed by atoms with Crippen LogP contribution in [0.5, 0.6) is 0 Å². The van der Waals surface area contributed by atoms with E-state index in [1.807, 2.05) is 0 Å². The van der Waals surface area contributed by atoms with Gasteiger partial charge in [0.25, 0.3) is 0 Å². The first-order valence-electron chi connectivity index (χ1n) is 12.6. The predicted octanol–water partition coefficient (Wildman–Crippen LogP) is -0.622.